The Balaban J connectivity index is 2.08. The van der Waals surface area contributed by atoms with Gasteiger partial charge in [-0.25, -0.2) is 0 Å². The van der Waals surface area contributed by atoms with Crippen molar-refractivity contribution in [1.29, 1.82) is 0 Å². The van der Waals surface area contributed by atoms with Gasteiger partial charge >= 0.3 is 0 Å². The number of nitrogens with zero attached hydrogens (tertiary/aromatic N) is 3. The molecule has 3 aromatic rings. The fourth-order valence-corrected chi connectivity index (χ4v) is 2.62. The van der Waals surface area contributed by atoms with Crippen molar-refractivity contribution >= 4 is 22.5 Å². The van der Waals surface area contributed by atoms with Gasteiger partial charge in [-0.3, -0.25) is 4.68 Å². The molecule has 0 amide bonds. The van der Waals surface area contributed by atoms with Crippen molar-refractivity contribution in [3.05, 3.63) is 52.9 Å². The lowest BCUT2D eigenvalue weighted by molar-refractivity contribution is 0.673. The maximum absolute atomic E-state index is 6.27. The molecule has 0 fully saturated rings. The predicted molar refractivity (Wildman–Crippen MR) is 74.0 cm³/mol. The number of benzene rings is 1. The third-order valence-corrected chi connectivity index (χ3v) is 3.48. The molecule has 2 heterocycles. The predicted octanol–water partition coefficient (Wildman–Crippen LogP) is 3.38. The van der Waals surface area contributed by atoms with E-state index in [0.717, 1.165) is 22.8 Å². The molecule has 0 radical (unpaired) electrons. The van der Waals surface area contributed by atoms with Crippen LogP contribution in [0.3, 0.4) is 0 Å². The highest BCUT2D eigenvalue weighted by atomic mass is 35.5. The lowest BCUT2D eigenvalue weighted by Crippen LogP contribution is -2.04. The van der Waals surface area contributed by atoms with Crippen LogP contribution in [0.15, 0.2) is 36.5 Å². The Labute approximate surface area is 111 Å². The number of rotatable bonds is 2. The second kappa shape index (κ2) is 4.18. The second-order valence-electron chi connectivity index (χ2n) is 4.52. The molecule has 0 aliphatic carbocycles. The van der Waals surface area contributed by atoms with Crippen LogP contribution < -0.4 is 0 Å². The Bertz CT molecular complexity index is 709. The molecule has 0 spiro atoms. The molecule has 0 bridgehead atoms. The average molecular weight is 260 g/mol. The van der Waals surface area contributed by atoms with Gasteiger partial charge in [0.2, 0.25) is 0 Å². The van der Waals surface area contributed by atoms with Gasteiger partial charge in [0.25, 0.3) is 0 Å². The van der Waals surface area contributed by atoms with Crippen molar-refractivity contribution in [2.75, 3.05) is 0 Å². The van der Waals surface area contributed by atoms with Crippen LogP contribution in [0.2, 0.25) is 5.02 Å². The molecule has 0 saturated carbocycles. The Morgan fingerprint density at radius 2 is 2.11 bits per heavy atom. The summed E-state index contributed by atoms with van der Waals surface area (Å²) in [6.45, 7) is 2.79. The maximum Gasteiger partial charge on any atom is 0.0673 e. The molecule has 0 saturated heterocycles. The van der Waals surface area contributed by atoms with Gasteiger partial charge in [0.05, 0.1) is 28.5 Å². The van der Waals surface area contributed by atoms with Gasteiger partial charge in [0.1, 0.15) is 0 Å². The molecule has 0 aliphatic rings. The highest BCUT2D eigenvalue weighted by Crippen LogP contribution is 2.25. The third-order valence-electron chi connectivity index (χ3n) is 3.17. The van der Waals surface area contributed by atoms with Crippen LogP contribution in [0, 0.1) is 6.92 Å². The summed E-state index contributed by atoms with van der Waals surface area (Å²) < 4.78 is 4.08. The Hall–Kier alpha value is -1.74. The summed E-state index contributed by atoms with van der Waals surface area (Å²) in [5.41, 5.74) is 3.29. The van der Waals surface area contributed by atoms with Gasteiger partial charge in [-0.15, -0.1) is 0 Å². The van der Waals surface area contributed by atoms with E-state index < -0.39 is 0 Å². The number of aromatic nitrogens is 3. The number of para-hydroxylation sites is 1. The van der Waals surface area contributed by atoms with Crippen molar-refractivity contribution < 1.29 is 0 Å². The summed E-state index contributed by atoms with van der Waals surface area (Å²) in [5, 5.41) is 6.32. The molecule has 4 heteroatoms. The van der Waals surface area contributed by atoms with E-state index in [9.17, 15) is 0 Å². The quantitative estimate of drug-likeness (QED) is 0.692. The molecule has 0 atom stereocenters. The largest absolute Gasteiger partial charge is 0.340 e. The van der Waals surface area contributed by atoms with Crippen LogP contribution >= 0.6 is 11.6 Å². The van der Waals surface area contributed by atoms with Crippen LogP contribution in [0.1, 0.15) is 11.4 Å². The Morgan fingerprint density at radius 3 is 2.83 bits per heavy atom. The van der Waals surface area contributed by atoms with Gasteiger partial charge in [-0.2, -0.15) is 5.10 Å². The first-order chi connectivity index (χ1) is 8.65. The highest BCUT2D eigenvalue weighted by molar-refractivity contribution is 6.35. The monoisotopic (exact) mass is 259 g/mol. The van der Waals surface area contributed by atoms with E-state index in [-0.39, 0.29) is 0 Å². The molecule has 0 unspecified atom stereocenters. The molecule has 0 N–H and O–H groups in total. The van der Waals surface area contributed by atoms with Crippen LogP contribution in [0.5, 0.6) is 0 Å². The van der Waals surface area contributed by atoms with Crippen molar-refractivity contribution in [1.82, 2.24) is 14.3 Å². The van der Waals surface area contributed by atoms with Gasteiger partial charge in [0, 0.05) is 18.6 Å². The van der Waals surface area contributed by atoms with E-state index in [1.54, 1.807) is 0 Å². The van der Waals surface area contributed by atoms with Gasteiger partial charge in [-0.1, -0.05) is 23.7 Å². The second-order valence-corrected chi connectivity index (χ2v) is 4.93. The highest BCUT2D eigenvalue weighted by Gasteiger charge is 2.08. The van der Waals surface area contributed by atoms with Crippen molar-refractivity contribution in [2.45, 2.75) is 13.5 Å². The normalized spacial score (nSPS) is 11.3. The fraction of sp³-hybridized carbons (Fsp3) is 0.214. The lowest BCUT2D eigenvalue weighted by atomic mass is 10.2. The summed E-state index contributed by atoms with van der Waals surface area (Å²) in [6, 6.07) is 10.2. The third kappa shape index (κ3) is 1.81. The molecule has 2 aromatic heterocycles. The summed E-state index contributed by atoms with van der Waals surface area (Å²) in [7, 11) is 1.97. The Kier molecular flexibility index (Phi) is 2.63. The van der Waals surface area contributed by atoms with Gasteiger partial charge < -0.3 is 4.57 Å². The topological polar surface area (TPSA) is 22.8 Å². The number of hydrogen-bond acceptors (Lipinski definition) is 1. The molecule has 1 aromatic carbocycles. The smallest absolute Gasteiger partial charge is 0.0673 e. The number of halogens is 1. The van der Waals surface area contributed by atoms with Crippen LogP contribution in [-0.2, 0) is 13.6 Å². The van der Waals surface area contributed by atoms with Crippen LogP contribution in [0.25, 0.3) is 10.9 Å². The van der Waals surface area contributed by atoms with Crippen LogP contribution in [0.4, 0.5) is 0 Å². The molecule has 3 rings (SSSR count). The first kappa shape index (κ1) is 11.4. The summed E-state index contributed by atoms with van der Waals surface area (Å²) >= 11 is 6.27. The zero-order valence-electron chi connectivity index (χ0n) is 10.4. The number of fused-ring (bicyclic) bond motifs is 1. The zero-order valence-corrected chi connectivity index (χ0v) is 11.1. The molecule has 18 heavy (non-hydrogen) atoms. The standard InChI is InChI=1S/C14H14ClN3/c1-10-8-12(17(2)16-10)9-18-7-6-11-4-3-5-13(15)14(11)18/h3-8H,9H2,1-2H3. The number of aryl methyl sites for hydroxylation is 2. The van der Waals surface area contributed by atoms with E-state index in [1.807, 2.05) is 30.8 Å². The first-order valence-corrected chi connectivity index (χ1v) is 6.26. The fourth-order valence-electron chi connectivity index (χ4n) is 2.33. The van der Waals surface area contributed by atoms with E-state index in [1.165, 1.54) is 11.1 Å². The summed E-state index contributed by atoms with van der Waals surface area (Å²) in [4.78, 5) is 0. The van der Waals surface area contributed by atoms with Gasteiger partial charge in [0.15, 0.2) is 0 Å². The molecular formula is C14H14ClN3. The van der Waals surface area contributed by atoms with E-state index in [2.05, 4.69) is 34.1 Å². The average Bonchev–Trinajstić information content (AvgIpc) is 2.85. The van der Waals surface area contributed by atoms with Crippen molar-refractivity contribution in [2.24, 2.45) is 7.05 Å². The molecule has 92 valence electrons. The minimum atomic E-state index is 0.782. The summed E-state index contributed by atoms with van der Waals surface area (Å²) in [6.07, 6.45) is 2.07. The zero-order chi connectivity index (χ0) is 12.7. The van der Waals surface area contributed by atoms with Gasteiger partial charge in [-0.05, 0) is 25.1 Å². The van der Waals surface area contributed by atoms with E-state index >= 15 is 0 Å². The number of hydrogen-bond donors (Lipinski definition) is 0. The Morgan fingerprint density at radius 1 is 1.28 bits per heavy atom. The SMILES string of the molecule is Cc1cc(Cn2ccc3cccc(Cl)c32)n(C)n1. The maximum atomic E-state index is 6.27. The van der Waals surface area contributed by atoms with Crippen molar-refractivity contribution in [3.8, 4) is 0 Å². The van der Waals surface area contributed by atoms with E-state index in [0.29, 0.717) is 0 Å². The molecule has 3 nitrogen and oxygen atoms in total. The molecular weight excluding hydrogens is 246 g/mol. The van der Waals surface area contributed by atoms with Crippen molar-refractivity contribution in [3.63, 3.8) is 0 Å². The van der Waals surface area contributed by atoms with Crippen LogP contribution in [-0.4, -0.2) is 14.3 Å². The molecule has 0 aliphatic heterocycles. The lowest BCUT2D eigenvalue weighted by Gasteiger charge is -2.07. The van der Waals surface area contributed by atoms with E-state index in [4.69, 9.17) is 11.6 Å². The minimum absolute atomic E-state index is 0.782. The summed E-state index contributed by atoms with van der Waals surface area (Å²) in [5.74, 6) is 0. The first-order valence-electron chi connectivity index (χ1n) is 5.88. The minimum Gasteiger partial charge on any atom is -0.340 e.